The van der Waals surface area contributed by atoms with Gasteiger partial charge in [0.2, 0.25) is 0 Å². The SMILES string of the molecule is c1ccc(CCc2nc([C@@H]3CCCCO3)n[nH]2)cc1. The summed E-state index contributed by atoms with van der Waals surface area (Å²) in [5, 5.41) is 7.32. The van der Waals surface area contributed by atoms with Gasteiger partial charge in [0.15, 0.2) is 5.82 Å². The van der Waals surface area contributed by atoms with Gasteiger partial charge in [0.1, 0.15) is 11.9 Å². The lowest BCUT2D eigenvalue weighted by Crippen LogP contribution is -2.12. The third-order valence-corrected chi connectivity index (χ3v) is 3.51. The van der Waals surface area contributed by atoms with E-state index in [1.807, 2.05) is 6.07 Å². The average molecular weight is 257 g/mol. The van der Waals surface area contributed by atoms with Gasteiger partial charge in [-0.25, -0.2) is 4.98 Å². The Morgan fingerprint density at radius 1 is 1.16 bits per heavy atom. The summed E-state index contributed by atoms with van der Waals surface area (Å²) < 4.78 is 5.70. The summed E-state index contributed by atoms with van der Waals surface area (Å²) in [7, 11) is 0. The predicted molar refractivity (Wildman–Crippen MR) is 72.8 cm³/mol. The van der Waals surface area contributed by atoms with E-state index in [4.69, 9.17) is 4.74 Å². The number of H-pyrrole nitrogens is 1. The maximum atomic E-state index is 5.70. The average Bonchev–Trinajstić information content (AvgIpc) is 2.96. The number of rotatable bonds is 4. The first kappa shape index (κ1) is 12.4. The fourth-order valence-electron chi connectivity index (χ4n) is 2.42. The Morgan fingerprint density at radius 2 is 2.05 bits per heavy atom. The van der Waals surface area contributed by atoms with Gasteiger partial charge in [-0.15, -0.1) is 0 Å². The molecule has 1 atom stereocenters. The smallest absolute Gasteiger partial charge is 0.179 e. The third kappa shape index (κ3) is 3.20. The van der Waals surface area contributed by atoms with Gasteiger partial charge in [0, 0.05) is 13.0 Å². The summed E-state index contributed by atoms with van der Waals surface area (Å²) in [4.78, 5) is 4.56. The highest BCUT2D eigenvalue weighted by Gasteiger charge is 2.20. The lowest BCUT2D eigenvalue weighted by molar-refractivity contribution is 0.00963. The molecule has 0 unspecified atom stereocenters. The minimum absolute atomic E-state index is 0.0930. The van der Waals surface area contributed by atoms with Crippen LogP contribution >= 0.6 is 0 Å². The first-order valence-corrected chi connectivity index (χ1v) is 6.98. The molecule has 0 radical (unpaired) electrons. The third-order valence-electron chi connectivity index (χ3n) is 3.51. The van der Waals surface area contributed by atoms with Crippen molar-refractivity contribution in [3.63, 3.8) is 0 Å². The van der Waals surface area contributed by atoms with Crippen LogP contribution in [0, 0.1) is 0 Å². The molecule has 1 aliphatic heterocycles. The molecule has 1 N–H and O–H groups in total. The second-order valence-electron chi connectivity index (χ2n) is 4.98. The van der Waals surface area contributed by atoms with E-state index in [0.717, 1.165) is 43.9 Å². The van der Waals surface area contributed by atoms with Crippen LogP contribution in [-0.2, 0) is 17.6 Å². The van der Waals surface area contributed by atoms with E-state index in [-0.39, 0.29) is 6.10 Å². The van der Waals surface area contributed by atoms with Gasteiger partial charge in [-0.3, -0.25) is 5.10 Å². The molecule has 0 bridgehead atoms. The molecular weight excluding hydrogens is 238 g/mol. The molecule has 1 aliphatic rings. The first-order valence-electron chi connectivity index (χ1n) is 6.98. The molecule has 1 saturated heterocycles. The summed E-state index contributed by atoms with van der Waals surface area (Å²) in [6.07, 6.45) is 5.37. The quantitative estimate of drug-likeness (QED) is 0.916. The Bertz CT molecular complexity index is 503. The van der Waals surface area contributed by atoms with E-state index in [9.17, 15) is 0 Å². The highest BCUT2D eigenvalue weighted by Crippen LogP contribution is 2.25. The summed E-state index contributed by atoms with van der Waals surface area (Å²) in [6.45, 7) is 0.832. The van der Waals surface area contributed by atoms with Crippen LogP contribution in [0.25, 0.3) is 0 Å². The molecule has 2 heterocycles. The van der Waals surface area contributed by atoms with Crippen LogP contribution < -0.4 is 0 Å². The van der Waals surface area contributed by atoms with Crippen molar-refractivity contribution in [3.8, 4) is 0 Å². The lowest BCUT2D eigenvalue weighted by Gasteiger charge is -2.19. The Morgan fingerprint density at radius 3 is 2.84 bits per heavy atom. The molecular formula is C15H19N3O. The molecule has 2 aromatic rings. The minimum Gasteiger partial charge on any atom is -0.370 e. The van der Waals surface area contributed by atoms with Crippen LogP contribution in [0.4, 0.5) is 0 Å². The molecule has 1 fully saturated rings. The van der Waals surface area contributed by atoms with Crippen molar-refractivity contribution >= 4 is 0 Å². The molecule has 0 saturated carbocycles. The first-order chi connectivity index (χ1) is 9.42. The standard InChI is InChI=1S/C15H19N3O/c1-2-6-12(7-3-1)9-10-14-16-15(18-17-14)13-8-4-5-11-19-13/h1-3,6-7,13H,4-5,8-11H2,(H,16,17,18)/t13-/m0/s1. The van der Waals surface area contributed by atoms with Crippen LogP contribution in [0.15, 0.2) is 30.3 Å². The highest BCUT2D eigenvalue weighted by atomic mass is 16.5. The summed E-state index contributed by atoms with van der Waals surface area (Å²) in [5.41, 5.74) is 1.33. The molecule has 100 valence electrons. The molecule has 0 spiro atoms. The van der Waals surface area contributed by atoms with E-state index in [1.165, 1.54) is 12.0 Å². The van der Waals surface area contributed by atoms with Gasteiger partial charge in [0.25, 0.3) is 0 Å². The second kappa shape index (κ2) is 5.97. The Labute approximate surface area is 113 Å². The van der Waals surface area contributed by atoms with Gasteiger partial charge in [-0.05, 0) is 31.2 Å². The van der Waals surface area contributed by atoms with Crippen molar-refractivity contribution in [3.05, 3.63) is 47.5 Å². The van der Waals surface area contributed by atoms with Gasteiger partial charge in [-0.1, -0.05) is 30.3 Å². The topological polar surface area (TPSA) is 50.8 Å². The van der Waals surface area contributed by atoms with Crippen molar-refractivity contribution in [1.82, 2.24) is 15.2 Å². The minimum atomic E-state index is 0.0930. The van der Waals surface area contributed by atoms with Gasteiger partial charge in [-0.2, -0.15) is 5.10 Å². The number of ether oxygens (including phenoxy) is 1. The molecule has 0 aliphatic carbocycles. The number of nitrogens with zero attached hydrogens (tertiary/aromatic N) is 2. The summed E-state index contributed by atoms with van der Waals surface area (Å²) >= 11 is 0. The molecule has 4 heteroatoms. The Hall–Kier alpha value is -1.68. The Kier molecular flexibility index (Phi) is 3.89. The van der Waals surface area contributed by atoms with Crippen LogP contribution in [0.3, 0.4) is 0 Å². The number of aromatic amines is 1. The molecule has 4 nitrogen and oxygen atoms in total. The molecule has 0 amide bonds. The Balaban J connectivity index is 1.58. The van der Waals surface area contributed by atoms with Crippen LogP contribution in [0.5, 0.6) is 0 Å². The predicted octanol–water partition coefficient (Wildman–Crippen LogP) is 2.83. The van der Waals surface area contributed by atoms with Crippen molar-refractivity contribution in [1.29, 1.82) is 0 Å². The van der Waals surface area contributed by atoms with E-state index in [2.05, 4.69) is 39.4 Å². The molecule has 19 heavy (non-hydrogen) atoms. The maximum absolute atomic E-state index is 5.70. The van der Waals surface area contributed by atoms with E-state index < -0.39 is 0 Å². The zero-order valence-electron chi connectivity index (χ0n) is 11.0. The van der Waals surface area contributed by atoms with Gasteiger partial charge in [0.05, 0.1) is 0 Å². The van der Waals surface area contributed by atoms with Crippen molar-refractivity contribution in [2.24, 2.45) is 0 Å². The molecule has 3 rings (SSSR count). The summed E-state index contributed by atoms with van der Waals surface area (Å²) in [6, 6.07) is 10.5. The highest BCUT2D eigenvalue weighted by molar-refractivity contribution is 5.15. The second-order valence-corrected chi connectivity index (χ2v) is 4.98. The largest absolute Gasteiger partial charge is 0.370 e. The fraction of sp³-hybridized carbons (Fsp3) is 0.467. The van der Waals surface area contributed by atoms with E-state index in [1.54, 1.807) is 0 Å². The van der Waals surface area contributed by atoms with Crippen molar-refractivity contribution in [2.75, 3.05) is 6.61 Å². The van der Waals surface area contributed by atoms with Crippen molar-refractivity contribution < 1.29 is 4.74 Å². The maximum Gasteiger partial charge on any atom is 0.179 e. The zero-order chi connectivity index (χ0) is 12.9. The fourth-order valence-corrected chi connectivity index (χ4v) is 2.42. The van der Waals surface area contributed by atoms with Gasteiger partial charge >= 0.3 is 0 Å². The zero-order valence-corrected chi connectivity index (χ0v) is 11.0. The molecule has 1 aromatic carbocycles. The lowest BCUT2D eigenvalue weighted by atomic mass is 10.1. The van der Waals surface area contributed by atoms with Crippen LogP contribution in [-0.4, -0.2) is 21.8 Å². The number of aromatic nitrogens is 3. The van der Waals surface area contributed by atoms with Crippen LogP contribution in [0.1, 0.15) is 42.6 Å². The molecule has 1 aromatic heterocycles. The number of aryl methyl sites for hydroxylation is 2. The number of hydrogen-bond acceptors (Lipinski definition) is 3. The number of hydrogen-bond donors (Lipinski definition) is 1. The van der Waals surface area contributed by atoms with E-state index in [0.29, 0.717) is 0 Å². The monoisotopic (exact) mass is 257 g/mol. The summed E-state index contributed by atoms with van der Waals surface area (Å²) in [5.74, 6) is 1.77. The van der Waals surface area contributed by atoms with Gasteiger partial charge < -0.3 is 4.74 Å². The van der Waals surface area contributed by atoms with Crippen LogP contribution in [0.2, 0.25) is 0 Å². The number of nitrogens with one attached hydrogen (secondary N) is 1. The van der Waals surface area contributed by atoms with E-state index >= 15 is 0 Å². The normalized spacial score (nSPS) is 19.5. The van der Waals surface area contributed by atoms with Crippen molar-refractivity contribution in [2.45, 2.75) is 38.2 Å². The number of benzene rings is 1.